The van der Waals surface area contributed by atoms with Crippen molar-refractivity contribution in [1.82, 2.24) is 4.57 Å². The maximum absolute atomic E-state index is 12.0. The van der Waals surface area contributed by atoms with Gasteiger partial charge in [0.1, 0.15) is 11.6 Å². The van der Waals surface area contributed by atoms with Gasteiger partial charge in [-0.2, -0.15) is 5.26 Å². The van der Waals surface area contributed by atoms with E-state index < -0.39 is 0 Å². The smallest absolute Gasteiger partial charge is 0.268 e. The minimum Gasteiger partial charge on any atom is -0.310 e. The number of nitriles is 1. The van der Waals surface area contributed by atoms with Crippen molar-refractivity contribution in [2.24, 2.45) is 7.05 Å². The number of aromatic nitrogens is 1. The first-order valence-electron chi connectivity index (χ1n) is 5.48. The molecule has 0 N–H and O–H groups in total. The number of hydrogen-bond donors (Lipinski definition) is 0. The maximum atomic E-state index is 12.0. The fraction of sp³-hybridized carbons (Fsp3) is 0.286. The van der Waals surface area contributed by atoms with E-state index in [2.05, 4.69) is 0 Å². The van der Waals surface area contributed by atoms with Crippen molar-refractivity contribution >= 4 is 10.9 Å². The summed E-state index contributed by atoms with van der Waals surface area (Å²) in [7, 11) is 1.72. The molecular weight excluding hydrogens is 212 g/mol. The van der Waals surface area contributed by atoms with Gasteiger partial charge in [-0.05, 0) is 38.0 Å². The van der Waals surface area contributed by atoms with Gasteiger partial charge in [0.25, 0.3) is 5.56 Å². The van der Waals surface area contributed by atoms with Gasteiger partial charge >= 0.3 is 0 Å². The summed E-state index contributed by atoms with van der Waals surface area (Å²) in [6.45, 7) is 5.84. The fourth-order valence-electron chi connectivity index (χ4n) is 2.39. The molecule has 0 atom stereocenters. The highest BCUT2D eigenvalue weighted by Gasteiger charge is 2.13. The van der Waals surface area contributed by atoms with Gasteiger partial charge in [0.15, 0.2) is 0 Å². The Bertz CT molecular complexity index is 718. The molecule has 0 bridgehead atoms. The normalized spacial score (nSPS) is 10.5. The Labute approximate surface area is 99.9 Å². The second kappa shape index (κ2) is 3.74. The SMILES string of the molecule is Cc1cc(C)c2c(c1)c(C)c(C#N)c(=O)n2C. The lowest BCUT2D eigenvalue weighted by atomic mass is 10.00. The van der Waals surface area contributed by atoms with Crippen molar-refractivity contribution in [2.75, 3.05) is 0 Å². The zero-order valence-corrected chi connectivity index (χ0v) is 10.5. The van der Waals surface area contributed by atoms with E-state index in [4.69, 9.17) is 5.26 Å². The van der Waals surface area contributed by atoms with Crippen molar-refractivity contribution in [3.63, 3.8) is 0 Å². The fourth-order valence-corrected chi connectivity index (χ4v) is 2.39. The quantitative estimate of drug-likeness (QED) is 0.692. The molecule has 2 aromatic rings. The number of nitrogens with zero attached hydrogens (tertiary/aromatic N) is 2. The molecule has 0 saturated carbocycles. The van der Waals surface area contributed by atoms with Crippen molar-refractivity contribution in [3.05, 3.63) is 44.7 Å². The second-order valence-electron chi connectivity index (χ2n) is 4.45. The highest BCUT2D eigenvalue weighted by atomic mass is 16.1. The molecule has 0 radical (unpaired) electrons. The Kier molecular flexibility index (Phi) is 2.51. The summed E-state index contributed by atoms with van der Waals surface area (Å²) >= 11 is 0. The molecule has 3 nitrogen and oxygen atoms in total. The number of benzene rings is 1. The first kappa shape index (κ1) is 11.4. The molecule has 1 aromatic carbocycles. The van der Waals surface area contributed by atoms with Crippen LogP contribution in [0.1, 0.15) is 22.3 Å². The van der Waals surface area contributed by atoms with E-state index in [9.17, 15) is 4.79 Å². The van der Waals surface area contributed by atoms with E-state index in [-0.39, 0.29) is 11.1 Å². The van der Waals surface area contributed by atoms with Gasteiger partial charge in [-0.3, -0.25) is 4.79 Å². The van der Waals surface area contributed by atoms with Gasteiger partial charge in [-0.25, -0.2) is 0 Å². The number of pyridine rings is 1. The Morgan fingerprint density at radius 2 is 1.88 bits per heavy atom. The van der Waals surface area contributed by atoms with Gasteiger partial charge < -0.3 is 4.57 Å². The van der Waals surface area contributed by atoms with E-state index >= 15 is 0 Å². The first-order chi connectivity index (χ1) is 7.97. The maximum Gasteiger partial charge on any atom is 0.268 e. The molecule has 0 amide bonds. The summed E-state index contributed by atoms with van der Waals surface area (Å²) in [5.74, 6) is 0. The topological polar surface area (TPSA) is 45.8 Å². The molecule has 0 spiro atoms. The van der Waals surface area contributed by atoms with Crippen LogP contribution >= 0.6 is 0 Å². The van der Waals surface area contributed by atoms with Crippen molar-refractivity contribution in [3.8, 4) is 6.07 Å². The van der Waals surface area contributed by atoms with Crippen molar-refractivity contribution in [1.29, 1.82) is 5.26 Å². The minimum atomic E-state index is -0.218. The third-order valence-corrected chi connectivity index (χ3v) is 3.19. The molecule has 0 aliphatic heterocycles. The van der Waals surface area contributed by atoms with Crippen LogP contribution in [0.25, 0.3) is 10.9 Å². The molecule has 86 valence electrons. The highest BCUT2D eigenvalue weighted by molar-refractivity contribution is 5.87. The molecule has 0 unspecified atom stereocenters. The zero-order chi connectivity index (χ0) is 12.7. The number of aryl methyl sites for hydroxylation is 4. The largest absolute Gasteiger partial charge is 0.310 e. The van der Waals surface area contributed by atoms with Gasteiger partial charge in [-0.1, -0.05) is 11.6 Å². The van der Waals surface area contributed by atoms with E-state index in [1.807, 2.05) is 39.0 Å². The van der Waals surface area contributed by atoms with Crippen LogP contribution in [0.5, 0.6) is 0 Å². The van der Waals surface area contributed by atoms with E-state index in [0.29, 0.717) is 0 Å². The van der Waals surface area contributed by atoms with Crippen molar-refractivity contribution in [2.45, 2.75) is 20.8 Å². The molecule has 1 aromatic heterocycles. The summed E-state index contributed by atoms with van der Waals surface area (Å²) in [5, 5.41) is 10.0. The van der Waals surface area contributed by atoms with Crippen LogP contribution in [0.2, 0.25) is 0 Å². The Balaban J connectivity index is 3.17. The lowest BCUT2D eigenvalue weighted by molar-refractivity contribution is 0.892. The average molecular weight is 226 g/mol. The second-order valence-corrected chi connectivity index (χ2v) is 4.45. The third kappa shape index (κ3) is 1.53. The zero-order valence-electron chi connectivity index (χ0n) is 10.5. The Morgan fingerprint density at radius 1 is 1.24 bits per heavy atom. The van der Waals surface area contributed by atoms with Gasteiger partial charge in [-0.15, -0.1) is 0 Å². The van der Waals surface area contributed by atoms with Crippen LogP contribution in [0, 0.1) is 32.1 Å². The lowest BCUT2D eigenvalue weighted by Gasteiger charge is -2.12. The Morgan fingerprint density at radius 3 is 2.47 bits per heavy atom. The standard InChI is InChI=1S/C14H14N2O/c1-8-5-9(2)13-11(6-8)10(3)12(7-15)14(17)16(13)4/h5-6H,1-4H3. The molecule has 17 heavy (non-hydrogen) atoms. The van der Waals surface area contributed by atoms with Crippen molar-refractivity contribution < 1.29 is 0 Å². The number of hydrogen-bond acceptors (Lipinski definition) is 2. The minimum absolute atomic E-state index is 0.218. The van der Waals surface area contributed by atoms with Gasteiger partial charge in [0.2, 0.25) is 0 Å². The highest BCUT2D eigenvalue weighted by Crippen LogP contribution is 2.23. The van der Waals surface area contributed by atoms with Gasteiger partial charge in [0, 0.05) is 12.4 Å². The lowest BCUT2D eigenvalue weighted by Crippen LogP contribution is -2.22. The average Bonchev–Trinajstić information content (AvgIpc) is 2.26. The first-order valence-corrected chi connectivity index (χ1v) is 5.48. The summed E-state index contributed by atoms with van der Waals surface area (Å²) in [5.41, 5.74) is 3.91. The molecule has 0 saturated heterocycles. The van der Waals surface area contributed by atoms with E-state index in [1.54, 1.807) is 11.6 Å². The van der Waals surface area contributed by atoms with Crippen LogP contribution in [0.3, 0.4) is 0 Å². The van der Waals surface area contributed by atoms with Crippen LogP contribution in [0.15, 0.2) is 16.9 Å². The molecule has 1 heterocycles. The predicted molar refractivity (Wildman–Crippen MR) is 68.1 cm³/mol. The van der Waals surface area contributed by atoms with Crippen LogP contribution in [-0.2, 0) is 7.05 Å². The number of rotatable bonds is 0. The molecule has 0 fully saturated rings. The van der Waals surface area contributed by atoms with Crippen LogP contribution in [-0.4, -0.2) is 4.57 Å². The monoisotopic (exact) mass is 226 g/mol. The molecule has 3 heteroatoms. The van der Waals surface area contributed by atoms with E-state index in [1.165, 1.54) is 0 Å². The molecule has 2 rings (SSSR count). The molecule has 0 aliphatic rings. The van der Waals surface area contributed by atoms with Crippen LogP contribution < -0.4 is 5.56 Å². The molecule has 0 aliphatic carbocycles. The summed E-state index contributed by atoms with van der Waals surface area (Å²) in [6.07, 6.45) is 0. The predicted octanol–water partition coefficient (Wildman–Crippen LogP) is 2.34. The summed E-state index contributed by atoms with van der Waals surface area (Å²) < 4.78 is 1.57. The van der Waals surface area contributed by atoms with Crippen LogP contribution in [0.4, 0.5) is 0 Å². The Hall–Kier alpha value is -2.08. The summed E-state index contributed by atoms with van der Waals surface area (Å²) in [4.78, 5) is 12.0. The van der Waals surface area contributed by atoms with E-state index in [0.717, 1.165) is 27.6 Å². The number of fused-ring (bicyclic) bond motifs is 1. The third-order valence-electron chi connectivity index (χ3n) is 3.19. The van der Waals surface area contributed by atoms with Gasteiger partial charge in [0.05, 0.1) is 5.52 Å². The molecular formula is C14H14N2O. The summed E-state index contributed by atoms with van der Waals surface area (Å²) in [6, 6.07) is 6.08.